The van der Waals surface area contributed by atoms with E-state index in [4.69, 9.17) is 5.73 Å². The van der Waals surface area contributed by atoms with Gasteiger partial charge in [0.15, 0.2) is 0 Å². The molecule has 0 saturated heterocycles. The molecule has 0 aliphatic heterocycles. The van der Waals surface area contributed by atoms with E-state index < -0.39 is 0 Å². The van der Waals surface area contributed by atoms with Crippen molar-refractivity contribution in [1.29, 1.82) is 0 Å². The van der Waals surface area contributed by atoms with Gasteiger partial charge in [0.2, 0.25) is 0 Å². The molecular formula is C16H30N2. The van der Waals surface area contributed by atoms with E-state index >= 15 is 0 Å². The maximum atomic E-state index is 5.97. The second-order valence-corrected chi connectivity index (χ2v) is 6.33. The van der Waals surface area contributed by atoms with Gasteiger partial charge >= 0.3 is 0 Å². The summed E-state index contributed by atoms with van der Waals surface area (Å²) >= 11 is 0. The maximum Gasteiger partial charge on any atom is 0.0218 e. The monoisotopic (exact) mass is 250 g/mol. The zero-order chi connectivity index (χ0) is 12.8. The summed E-state index contributed by atoms with van der Waals surface area (Å²) in [5.41, 5.74) is 7.63. The zero-order valence-corrected chi connectivity index (χ0v) is 12.0. The van der Waals surface area contributed by atoms with Crippen molar-refractivity contribution in [2.45, 2.75) is 64.3 Å². The molecule has 1 saturated carbocycles. The molecule has 0 bridgehead atoms. The van der Waals surface area contributed by atoms with E-state index in [1.165, 1.54) is 51.4 Å². The quantitative estimate of drug-likeness (QED) is 0.710. The SMILES string of the molecule is CC1CCCC(C(CN)NCCC2=CCCC2)C1. The summed E-state index contributed by atoms with van der Waals surface area (Å²) < 4.78 is 0. The van der Waals surface area contributed by atoms with E-state index in [0.29, 0.717) is 6.04 Å². The first-order valence-corrected chi connectivity index (χ1v) is 7.91. The van der Waals surface area contributed by atoms with Gasteiger partial charge in [0, 0.05) is 12.6 Å². The van der Waals surface area contributed by atoms with E-state index in [2.05, 4.69) is 18.3 Å². The third-order valence-electron chi connectivity index (χ3n) is 4.79. The molecule has 1 fully saturated rings. The number of nitrogens with one attached hydrogen (secondary N) is 1. The van der Waals surface area contributed by atoms with Crippen molar-refractivity contribution in [3.05, 3.63) is 11.6 Å². The summed E-state index contributed by atoms with van der Waals surface area (Å²) in [6.07, 6.45) is 13.2. The predicted molar refractivity (Wildman–Crippen MR) is 78.5 cm³/mol. The molecule has 0 radical (unpaired) electrons. The van der Waals surface area contributed by atoms with Crippen LogP contribution in [0.2, 0.25) is 0 Å². The first kappa shape index (κ1) is 14.1. The van der Waals surface area contributed by atoms with Gasteiger partial charge in [0.1, 0.15) is 0 Å². The van der Waals surface area contributed by atoms with Gasteiger partial charge in [-0.05, 0) is 56.9 Å². The number of nitrogens with two attached hydrogens (primary N) is 1. The van der Waals surface area contributed by atoms with Crippen molar-refractivity contribution in [1.82, 2.24) is 5.32 Å². The van der Waals surface area contributed by atoms with Gasteiger partial charge in [-0.15, -0.1) is 0 Å². The number of hydrogen-bond acceptors (Lipinski definition) is 2. The Bertz CT molecular complexity index is 272. The Morgan fingerprint density at radius 3 is 2.94 bits per heavy atom. The molecule has 2 aliphatic carbocycles. The van der Waals surface area contributed by atoms with Gasteiger partial charge in [-0.1, -0.05) is 31.4 Å². The van der Waals surface area contributed by atoms with Crippen molar-refractivity contribution >= 4 is 0 Å². The van der Waals surface area contributed by atoms with Crippen molar-refractivity contribution in [3.8, 4) is 0 Å². The summed E-state index contributed by atoms with van der Waals surface area (Å²) in [5.74, 6) is 1.72. The number of rotatable bonds is 6. The summed E-state index contributed by atoms with van der Waals surface area (Å²) in [5, 5.41) is 3.72. The molecule has 2 heteroatoms. The maximum absolute atomic E-state index is 5.97. The fourth-order valence-corrected chi connectivity index (χ4v) is 3.67. The molecule has 0 aromatic heterocycles. The smallest absolute Gasteiger partial charge is 0.0218 e. The first-order chi connectivity index (χ1) is 8.79. The fourth-order valence-electron chi connectivity index (χ4n) is 3.67. The highest BCUT2D eigenvalue weighted by Crippen LogP contribution is 2.30. The van der Waals surface area contributed by atoms with E-state index in [-0.39, 0.29) is 0 Å². The second-order valence-electron chi connectivity index (χ2n) is 6.33. The Hall–Kier alpha value is -0.340. The van der Waals surface area contributed by atoms with Crippen LogP contribution < -0.4 is 11.1 Å². The van der Waals surface area contributed by atoms with E-state index in [0.717, 1.165) is 24.9 Å². The van der Waals surface area contributed by atoms with Crippen LogP contribution in [0, 0.1) is 11.8 Å². The van der Waals surface area contributed by atoms with Crippen LogP contribution >= 0.6 is 0 Å². The minimum atomic E-state index is 0.551. The Balaban J connectivity index is 1.70. The molecule has 3 unspecified atom stereocenters. The van der Waals surface area contributed by atoms with Crippen LogP contribution in [0.1, 0.15) is 58.3 Å². The van der Waals surface area contributed by atoms with Crippen molar-refractivity contribution < 1.29 is 0 Å². The minimum absolute atomic E-state index is 0.551. The topological polar surface area (TPSA) is 38.0 Å². The predicted octanol–water partition coefficient (Wildman–Crippen LogP) is 3.23. The van der Waals surface area contributed by atoms with Gasteiger partial charge in [-0.3, -0.25) is 0 Å². The fraction of sp³-hybridized carbons (Fsp3) is 0.875. The van der Waals surface area contributed by atoms with Crippen LogP contribution in [0.3, 0.4) is 0 Å². The summed E-state index contributed by atoms with van der Waals surface area (Å²) in [6, 6.07) is 0.551. The number of hydrogen-bond donors (Lipinski definition) is 2. The lowest BCUT2D eigenvalue weighted by Gasteiger charge is -2.33. The molecular weight excluding hydrogens is 220 g/mol. The highest BCUT2D eigenvalue weighted by Gasteiger charge is 2.25. The Kier molecular flexibility index (Phi) is 5.71. The largest absolute Gasteiger partial charge is 0.329 e. The molecule has 0 aromatic rings. The molecule has 0 amide bonds. The van der Waals surface area contributed by atoms with Crippen molar-refractivity contribution in [2.75, 3.05) is 13.1 Å². The van der Waals surface area contributed by atoms with Crippen LogP contribution in [0.25, 0.3) is 0 Å². The van der Waals surface area contributed by atoms with Gasteiger partial charge in [0.25, 0.3) is 0 Å². The molecule has 0 aromatic carbocycles. The van der Waals surface area contributed by atoms with Gasteiger partial charge < -0.3 is 11.1 Å². The van der Waals surface area contributed by atoms with Gasteiger partial charge in [0.05, 0.1) is 0 Å². The Morgan fingerprint density at radius 1 is 1.39 bits per heavy atom. The first-order valence-electron chi connectivity index (χ1n) is 7.91. The molecule has 2 aliphatic rings. The lowest BCUT2D eigenvalue weighted by atomic mass is 9.78. The zero-order valence-electron chi connectivity index (χ0n) is 12.0. The third-order valence-corrected chi connectivity index (χ3v) is 4.79. The van der Waals surface area contributed by atoms with Crippen LogP contribution in [0.15, 0.2) is 11.6 Å². The van der Waals surface area contributed by atoms with E-state index in [1.807, 2.05) is 0 Å². The second kappa shape index (κ2) is 7.30. The Labute approximate surface area is 112 Å². The molecule has 0 heterocycles. The summed E-state index contributed by atoms with van der Waals surface area (Å²) in [4.78, 5) is 0. The van der Waals surface area contributed by atoms with Crippen LogP contribution in [-0.2, 0) is 0 Å². The highest BCUT2D eigenvalue weighted by molar-refractivity contribution is 5.07. The number of allylic oxidation sites excluding steroid dienone is 1. The van der Waals surface area contributed by atoms with Gasteiger partial charge in [-0.25, -0.2) is 0 Å². The lowest BCUT2D eigenvalue weighted by Crippen LogP contribution is -2.44. The average molecular weight is 250 g/mol. The average Bonchev–Trinajstić information content (AvgIpc) is 2.88. The molecule has 3 atom stereocenters. The van der Waals surface area contributed by atoms with Crippen molar-refractivity contribution in [3.63, 3.8) is 0 Å². The van der Waals surface area contributed by atoms with Crippen LogP contribution in [0.5, 0.6) is 0 Å². The standard InChI is InChI=1S/C16H30N2/c1-13-5-4-8-15(11-13)16(12-17)18-10-9-14-6-2-3-7-14/h6,13,15-16,18H,2-5,7-12,17H2,1H3. The van der Waals surface area contributed by atoms with Crippen LogP contribution in [-0.4, -0.2) is 19.1 Å². The Morgan fingerprint density at radius 2 is 2.28 bits per heavy atom. The summed E-state index contributed by atoms with van der Waals surface area (Å²) in [7, 11) is 0. The van der Waals surface area contributed by atoms with E-state index in [9.17, 15) is 0 Å². The molecule has 3 N–H and O–H groups in total. The third kappa shape index (κ3) is 4.10. The molecule has 2 rings (SSSR count). The molecule has 0 spiro atoms. The van der Waals surface area contributed by atoms with E-state index in [1.54, 1.807) is 5.57 Å². The minimum Gasteiger partial charge on any atom is -0.329 e. The lowest BCUT2D eigenvalue weighted by molar-refractivity contribution is 0.225. The molecule has 2 nitrogen and oxygen atoms in total. The molecule has 104 valence electrons. The van der Waals surface area contributed by atoms with Crippen molar-refractivity contribution in [2.24, 2.45) is 17.6 Å². The van der Waals surface area contributed by atoms with Crippen LogP contribution in [0.4, 0.5) is 0 Å². The van der Waals surface area contributed by atoms with Gasteiger partial charge in [-0.2, -0.15) is 0 Å². The molecule has 18 heavy (non-hydrogen) atoms. The highest BCUT2D eigenvalue weighted by atomic mass is 14.9. The normalized spacial score (nSPS) is 30.2. The summed E-state index contributed by atoms with van der Waals surface area (Å²) in [6.45, 7) is 4.32.